The molecule has 0 bridgehead atoms. The molecule has 0 amide bonds. The summed E-state index contributed by atoms with van der Waals surface area (Å²) in [7, 11) is 0. The van der Waals surface area contributed by atoms with Crippen LogP contribution < -0.4 is 10.6 Å². The van der Waals surface area contributed by atoms with E-state index >= 15 is 0 Å². The molecule has 2 heterocycles. The van der Waals surface area contributed by atoms with Crippen LogP contribution in [-0.2, 0) is 0 Å². The fourth-order valence-corrected chi connectivity index (χ4v) is 2.72. The largest absolute Gasteiger partial charge is 0.385 e. The van der Waals surface area contributed by atoms with Crippen LogP contribution in [0.2, 0.25) is 0 Å². The number of para-hydroxylation sites is 1. The zero-order chi connectivity index (χ0) is 13.8. The van der Waals surface area contributed by atoms with E-state index in [1.165, 1.54) is 5.69 Å². The van der Waals surface area contributed by atoms with Crippen molar-refractivity contribution in [3.63, 3.8) is 0 Å². The lowest BCUT2D eigenvalue weighted by atomic mass is 10.1. The van der Waals surface area contributed by atoms with Gasteiger partial charge in [0.05, 0.1) is 12.1 Å². The highest BCUT2D eigenvalue weighted by atomic mass is 15.4. The Balaban J connectivity index is 1.39. The molecule has 2 atom stereocenters. The second kappa shape index (κ2) is 6.05. The first kappa shape index (κ1) is 13.1. The molecule has 1 aromatic heterocycles. The minimum absolute atomic E-state index is 0.351. The van der Waals surface area contributed by atoms with Gasteiger partial charge in [-0.05, 0) is 38.4 Å². The Morgan fingerprint density at radius 2 is 2.10 bits per heavy atom. The van der Waals surface area contributed by atoms with Crippen LogP contribution in [0.1, 0.15) is 37.7 Å². The molecule has 20 heavy (non-hydrogen) atoms. The van der Waals surface area contributed by atoms with Gasteiger partial charge < -0.3 is 10.6 Å². The molecule has 5 heteroatoms. The van der Waals surface area contributed by atoms with E-state index < -0.39 is 0 Å². The predicted molar refractivity (Wildman–Crippen MR) is 79.6 cm³/mol. The number of benzene rings is 1. The fourth-order valence-electron chi connectivity index (χ4n) is 2.72. The Labute approximate surface area is 119 Å². The second-order valence-electron chi connectivity index (χ2n) is 5.30. The molecule has 0 radical (unpaired) electrons. The molecule has 0 spiro atoms. The Bertz CT molecular complexity index is 536. The van der Waals surface area contributed by atoms with Crippen molar-refractivity contribution in [1.29, 1.82) is 0 Å². The summed E-state index contributed by atoms with van der Waals surface area (Å²) in [5, 5.41) is 11.3. The Kier molecular flexibility index (Phi) is 3.97. The Hall–Kier alpha value is -1.88. The monoisotopic (exact) mass is 271 g/mol. The maximum absolute atomic E-state index is 4.35. The number of fused-ring (bicyclic) bond motifs is 1. The van der Waals surface area contributed by atoms with Crippen molar-refractivity contribution in [3.8, 4) is 0 Å². The SMILES string of the molecule is C[C@H]1C[C@@H](NCCCNc2ccccc2)c2ncnn21. The van der Waals surface area contributed by atoms with Crippen molar-refractivity contribution in [2.24, 2.45) is 0 Å². The van der Waals surface area contributed by atoms with Crippen LogP contribution in [0, 0.1) is 0 Å². The summed E-state index contributed by atoms with van der Waals surface area (Å²) in [6.07, 6.45) is 3.83. The second-order valence-corrected chi connectivity index (χ2v) is 5.30. The topological polar surface area (TPSA) is 54.8 Å². The van der Waals surface area contributed by atoms with Gasteiger partial charge in [-0.25, -0.2) is 9.67 Å². The van der Waals surface area contributed by atoms with Crippen molar-refractivity contribution in [2.75, 3.05) is 18.4 Å². The third-order valence-corrected chi connectivity index (χ3v) is 3.75. The average Bonchev–Trinajstić information content (AvgIpc) is 3.05. The first-order valence-corrected chi connectivity index (χ1v) is 7.26. The highest BCUT2D eigenvalue weighted by molar-refractivity contribution is 5.42. The van der Waals surface area contributed by atoms with E-state index in [1.807, 2.05) is 22.9 Å². The van der Waals surface area contributed by atoms with Gasteiger partial charge in [0.15, 0.2) is 0 Å². The lowest BCUT2D eigenvalue weighted by molar-refractivity contribution is 0.466. The molecular formula is C15H21N5. The summed E-state index contributed by atoms with van der Waals surface area (Å²) >= 11 is 0. The molecule has 5 nitrogen and oxygen atoms in total. The fraction of sp³-hybridized carbons (Fsp3) is 0.467. The number of aromatic nitrogens is 3. The molecular weight excluding hydrogens is 250 g/mol. The standard InChI is InChI=1S/C15H21N5/c1-12-10-14(15-18-11-19-20(12)15)17-9-5-8-16-13-6-3-2-4-7-13/h2-4,6-7,11-12,14,16-17H,5,8-10H2,1H3/t12-,14+/m0/s1. The molecule has 106 valence electrons. The van der Waals surface area contributed by atoms with Crippen molar-refractivity contribution >= 4 is 5.69 Å². The summed E-state index contributed by atoms with van der Waals surface area (Å²) in [5.41, 5.74) is 1.18. The number of nitrogens with one attached hydrogen (secondary N) is 2. The zero-order valence-electron chi connectivity index (χ0n) is 11.8. The number of hydrogen-bond acceptors (Lipinski definition) is 4. The minimum atomic E-state index is 0.351. The molecule has 1 aliphatic rings. The highest BCUT2D eigenvalue weighted by Gasteiger charge is 2.29. The van der Waals surface area contributed by atoms with Crippen LogP contribution >= 0.6 is 0 Å². The predicted octanol–water partition coefficient (Wildman–Crippen LogP) is 2.38. The summed E-state index contributed by atoms with van der Waals surface area (Å²) in [5.74, 6) is 1.08. The molecule has 1 aromatic carbocycles. The van der Waals surface area contributed by atoms with Crippen molar-refractivity contribution in [1.82, 2.24) is 20.1 Å². The van der Waals surface area contributed by atoms with Crippen LogP contribution in [0.4, 0.5) is 5.69 Å². The Morgan fingerprint density at radius 1 is 1.25 bits per heavy atom. The van der Waals surface area contributed by atoms with Crippen LogP contribution in [0.5, 0.6) is 0 Å². The third kappa shape index (κ3) is 2.82. The molecule has 2 N–H and O–H groups in total. The number of anilines is 1. The van der Waals surface area contributed by atoms with E-state index in [1.54, 1.807) is 6.33 Å². The quantitative estimate of drug-likeness (QED) is 0.792. The number of rotatable bonds is 6. The van der Waals surface area contributed by atoms with Gasteiger partial charge in [-0.1, -0.05) is 18.2 Å². The lowest BCUT2D eigenvalue weighted by Gasteiger charge is -2.11. The van der Waals surface area contributed by atoms with E-state index in [-0.39, 0.29) is 0 Å². The lowest BCUT2D eigenvalue weighted by Crippen LogP contribution is -2.23. The van der Waals surface area contributed by atoms with Gasteiger partial charge >= 0.3 is 0 Å². The van der Waals surface area contributed by atoms with Gasteiger partial charge in [-0.3, -0.25) is 0 Å². The first-order valence-electron chi connectivity index (χ1n) is 7.26. The number of hydrogen-bond donors (Lipinski definition) is 2. The maximum atomic E-state index is 4.35. The maximum Gasteiger partial charge on any atom is 0.144 e. The molecule has 0 saturated heterocycles. The molecule has 2 aromatic rings. The van der Waals surface area contributed by atoms with Gasteiger partial charge in [0.1, 0.15) is 12.2 Å². The Morgan fingerprint density at radius 3 is 2.95 bits per heavy atom. The van der Waals surface area contributed by atoms with E-state index in [2.05, 4.69) is 39.8 Å². The van der Waals surface area contributed by atoms with Gasteiger partial charge in [-0.15, -0.1) is 0 Å². The zero-order valence-corrected chi connectivity index (χ0v) is 11.8. The van der Waals surface area contributed by atoms with E-state index in [9.17, 15) is 0 Å². The van der Waals surface area contributed by atoms with Crippen molar-refractivity contribution in [3.05, 3.63) is 42.5 Å². The van der Waals surface area contributed by atoms with Crippen LogP contribution in [0.15, 0.2) is 36.7 Å². The highest BCUT2D eigenvalue weighted by Crippen LogP contribution is 2.31. The van der Waals surface area contributed by atoms with E-state index in [4.69, 9.17) is 0 Å². The smallest absolute Gasteiger partial charge is 0.144 e. The molecule has 0 unspecified atom stereocenters. The molecule has 0 aliphatic carbocycles. The molecule has 0 saturated carbocycles. The van der Waals surface area contributed by atoms with E-state index in [0.717, 1.165) is 31.8 Å². The molecule has 3 rings (SSSR count). The minimum Gasteiger partial charge on any atom is -0.385 e. The third-order valence-electron chi connectivity index (χ3n) is 3.75. The van der Waals surface area contributed by atoms with Gasteiger partial charge in [0, 0.05) is 12.2 Å². The molecule has 1 aliphatic heterocycles. The first-order chi connectivity index (χ1) is 9.84. The summed E-state index contributed by atoms with van der Waals surface area (Å²) in [6, 6.07) is 11.1. The average molecular weight is 271 g/mol. The normalized spacial score (nSPS) is 20.9. The van der Waals surface area contributed by atoms with Crippen molar-refractivity contribution < 1.29 is 0 Å². The van der Waals surface area contributed by atoms with Crippen molar-refractivity contribution in [2.45, 2.75) is 31.8 Å². The molecule has 0 fully saturated rings. The summed E-state index contributed by atoms with van der Waals surface area (Å²) < 4.78 is 2.03. The van der Waals surface area contributed by atoms with Gasteiger partial charge in [0.2, 0.25) is 0 Å². The van der Waals surface area contributed by atoms with Gasteiger partial charge in [0.25, 0.3) is 0 Å². The number of nitrogens with zero attached hydrogens (tertiary/aromatic N) is 3. The van der Waals surface area contributed by atoms with Gasteiger partial charge in [-0.2, -0.15) is 5.10 Å². The van der Waals surface area contributed by atoms with Crippen LogP contribution in [0.3, 0.4) is 0 Å². The summed E-state index contributed by atoms with van der Waals surface area (Å²) in [4.78, 5) is 4.35. The van der Waals surface area contributed by atoms with E-state index in [0.29, 0.717) is 12.1 Å². The van der Waals surface area contributed by atoms with Crippen LogP contribution in [0.25, 0.3) is 0 Å². The summed E-state index contributed by atoms with van der Waals surface area (Å²) in [6.45, 7) is 4.16. The van der Waals surface area contributed by atoms with Crippen LogP contribution in [-0.4, -0.2) is 27.9 Å².